The van der Waals surface area contributed by atoms with E-state index in [9.17, 15) is 31.1 Å². The molecular formula is C19H17F6N2O+. The zero-order valence-electron chi connectivity index (χ0n) is 14.5. The average molecular weight is 403 g/mol. The molecule has 1 amide bonds. The first-order valence-corrected chi connectivity index (χ1v) is 8.52. The number of quaternary nitrogens is 1. The SMILES string of the molecule is O=C(C[NH+]1CCc2ccccc2C1)Nc1cc(C(F)(F)F)cc(C(F)(F)F)c1. The molecule has 28 heavy (non-hydrogen) atoms. The Kier molecular flexibility index (Phi) is 5.38. The first kappa shape index (κ1) is 20.2. The summed E-state index contributed by atoms with van der Waals surface area (Å²) in [4.78, 5) is 13.1. The standard InChI is InChI=1S/C19H16F6N2O/c20-18(21,22)14-7-15(19(23,24)25)9-16(8-14)26-17(28)11-27-6-5-12-3-1-2-4-13(12)10-27/h1-4,7-9H,5-6,10-11H2,(H,26,28)/p+1. The van der Waals surface area contributed by atoms with Crippen molar-refractivity contribution in [2.45, 2.75) is 25.3 Å². The first-order valence-electron chi connectivity index (χ1n) is 8.52. The largest absolute Gasteiger partial charge is 0.416 e. The Morgan fingerprint density at radius 2 is 1.50 bits per heavy atom. The topological polar surface area (TPSA) is 33.5 Å². The summed E-state index contributed by atoms with van der Waals surface area (Å²) in [6.45, 7) is 1.17. The molecule has 2 aromatic rings. The average Bonchev–Trinajstić information content (AvgIpc) is 2.59. The van der Waals surface area contributed by atoms with Crippen LogP contribution in [0.2, 0.25) is 0 Å². The van der Waals surface area contributed by atoms with Crippen molar-refractivity contribution in [3.8, 4) is 0 Å². The smallest absolute Gasteiger partial charge is 0.323 e. The summed E-state index contributed by atoms with van der Waals surface area (Å²) in [5, 5.41) is 2.18. The fourth-order valence-electron chi connectivity index (χ4n) is 3.25. The number of carbonyl (C=O) groups is 1. The summed E-state index contributed by atoms with van der Waals surface area (Å²) in [5.74, 6) is -0.637. The maximum Gasteiger partial charge on any atom is 0.416 e. The molecule has 3 nitrogen and oxygen atoms in total. The number of anilines is 1. The lowest BCUT2D eigenvalue weighted by atomic mass is 10.00. The molecule has 3 rings (SSSR count). The predicted octanol–water partition coefficient (Wildman–Crippen LogP) is 3.30. The van der Waals surface area contributed by atoms with E-state index in [-0.39, 0.29) is 12.6 Å². The second-order valence-corrected chi connectivity index (χ2v) is 6.71. The number of carbonyl (C=O) groups excluding carboxylic acids is 1. The van der Waals surface area contributed by atoms with Crippen LogP contribution in [0.5, 0.6) is 0 Å². The van der Waals surface area contributed by atoms with Crippen LogP contribution in [0.15, 0.2) is 42.5 Å². The van der Waals surface area contributed by atoms with Crippen molar-refractivity contribution in [3.63, 3.8) is 0 Å². The van der Waals surface area contributed by atoms with Crippen molar-refractivity contribution in [1.29, 1.82) is 0 Å². The highest BCUT2D eigenvalue weighted by atomic mass is 19.4. The molecule has 1 unspecified atom stereocenters. The summed E-state index contributed by atoms with van der Waals surface area (Å²) in [6, 6.07) is 8.78. The van der Waals surface area contributed by atoms with E-state index in [0.717, 1.165) is 16.9 Å². The van der Waals surface area contributed by atoms with Gasteiger partial charge < -0.3 is 10.2 Å². The maximum atomic E-state index is 12.9. The molecule has 9 heteroatoms. The van der Waals surface area contributed by atoms with Crippen LogP contribution in [0.25, 0.3) is 0 Å². The molecule has 0 bridgehead atoms. The highest BCUT2D eigenvalue weighted by Gasteiger charge is 2.37. The van der Waals surface area contributed by atoms with Crippen LogP contribution in [0.4, 0.5) is 32.0 Å². The molecule has 0 radical (unpaired) electrons. The van der Waals surface area contributed by atoms with Crippen LogP contribution < -0.4 is 10.2 Å². The van der Waals surface area contributed by atoms with Crippen molar-refractivity contribution in [1.82, 2.24) is 0 Å². The third kappa shape index (κ3) is 4.83. The van der Waals surface area contributed by atoms with Crippen molar-refractivity contribution < 1.29 is 36.0 Å². The van der Waals surface area contributed by atoms with E-state index in [0.29, 0.717) is 25.2 Å². The molecule has 1 heterocycles. The van der Waals surface area contributed by atoms with E-state index in [4.69, 9.17) is 0 Å². The third-order valence-corrected chi connectivity index (χ3v) is 4.59. The molecule has 0 aromatic heterocycles. The van der Waals surface area contributed by atoms with E-state index < -0.39 is 35.1 Å². The van der Waals surface area contributed by atoms with Gasteiger partial charge in [-0.05, 0) is 23.8 Å². The molecule has 1 aliphatic heterocycles. The molecule has 2 N–H and O–H groups in total. The van der Waals surface area contributed by atoms with Crippen LogP contribution in [0, 0.1) is 0 Å². The second kappa shape index (κ2) is 7.46. The van der Waals surface area contributed by atoms with Gasteiger partial charge in [0.1, 0.15) is 6.54 Å². The van der Waals surface area contributed by atoms with E-state index >= 15 is 0 Å². The van der Waals surface area contributed by atoms with Crippen molar-refractivity contribution in [2.75, 3.05) is 18.4 Å². The summed E-state index contributed by atoms with van der Waals surface area (Å²) in [6.07, 6.45) is -9.16. The van der Waals surface area contributed by atoms with E-state index in [1.54, 1.807) is 0 Å². The van der Waals surface area contributed by atoms with Crippen LogP contribution in [-0.4, -0.2) is 19.0 Å². The Morgan fingerprint density at radius 1 is 0.929 bits per heavy atom. The molecule has 2 aromatic carbocycles. The van der Waals surface area contributed by atoms with Crippen molar-refractivity contribution in [3.05, 3.63) is 64.7 Å². The second-order valence-electron chi connectivity index (χ2n) is 6.71. The van der Waals surface area contributed by atoms with Crippen LogP contribution in [0.1, 0.15) is 22.3 Å². The monoisotopic (exact) mass is 403 g/mol. The summed E-state index contributed by atoms with van der Waals surface area (Å²) >= 11 is 0. The minimum Gasteiger partial charge on any atom is -0.323 e. The minimum atomic E-state index is -4.96. The molecule has 1 atom stereocenters. The number of fused-ring (bicyclic) bond motifs is 1. The number of halogens is 6. The van der Waals surface area contributed by atoms with Gasteiger partial charge in [0.05, 0.1) is 17.7 Å². The lowest BCUT2D eigenvalue weighted by Gasteiger charge is -2.25. The van der Waals surface area contributed by atoms with Crippen LogP contribution >= 0.6 is 0 Å². The normalized spacial score (nSPS) is 17.1. The summed E-state index contributed by atoms with van der Waals surface area (Å²) < 4.78 is 77.4. The Labute approximate surface area is 157 Å². The Hall–Kier alpha value is -2.55. The highest BCUT2D eigenvalue weighted by Crippen LogP contribution is 2.37. The van der Waals surface area contributed by atoms with E-state index in [1.165, 1.54) is 5.56 Å². The quantitative estimate of drug-likeness (QED) is 0.758. The number of benzene rings is 2. The van der Waals surface area contributed by atoms with Gasteiger partial charge in [-0.1, -0.05) is 24.3 Å². The molecule has 0 saturated heterocycles. The number of hydrogen-bond acceptors (Lipinski definition) is 1. The molecule has 0 saturated carbocycles. The predicted molar refractivity (Wildman–Crippen MR) is 89.6 cm³/mol. The zero-order chi connectivity index (χ0) is 20.5. The molecule has 150 valence electrons. The Bertz CT molecular complexity index is 843. The molecule has 0 fully saturated rings. The molecular weight excluding hydrogens is 386 g/mol. The van der Waals surface area contributed by atoms with Gasteiger partial charge in [0.2, 0.25) is 0 Å². The van der Waals surface area contributed by atoms with E-state index in [2.05, 4.69) is 5.32 Å². The fourth-order valence-corrected chi connectivity index (χ4v) is 3.25. The lowest BCUT2D eigenvalue weighted by Crippen LogP contribution is -3.12. The summed E-state index contributed by atoms with van der Waals surface area (Å²) in [7, 11) is 0. The van der Waals surface area contributed by atoms with Gasteiger partial charge in [-0.25, -0.2) is 0 Å². The van der Waals surface area contributed by atoms with Gasteiger partial charge in [-0.3, -0.25) is 4.79 Å². The van der Waals surface area contributed by atoms with Crippen LogP contribution in [-0.2, 0) is 30.1 Å². The summed E-state index contributed by atoms with van der Waals surface area (Å²) in [5.41, 5.74) is -1.19. The maximum absolute atomic E-state index is 12.9. The Balaban J connectivity index is 1.73. The third-order valence-electron chi connectivity index (χ3n) is 4.59. The molecule has 0 aliphatic carbocycles. The number of amides is 1. The van der Waals surface area contributed by atoms with Gasteiger partial charge in [0, 0.05) is 17.7 Å². The molecule has 1 aliphatic rings. The van der Waals surface area contributed by atoms with Gasteiger partial charge in [-0.15, -0.1) is 0 Å². The van der Waals surface area contributed by atoms with Gasteiger partial charge in [-0.2, -0.15) is 26.3 Å². The lowest BCUT2D eigenvalue weighted by molar-refractivity contribution is -0.907. The number of nitrogens with one attached hydrogen (secondary N) is 2. The number of rotatable bonds is 3. The minimum absolute atomic E-state index is 0.0302. The first-order chi connectivity index (χ1) is 13.0. The number of hydrogen-bond donors (Lipinski definition) is 2. The van der Waals surface area contributed by atoms with Gasteiger partial charge in [0.25, 0.3) is 5.91 Å². The van der Waals surface area contributed by atoms with E-state index in [1.807, 2.05) is 24.3 Å². The zero-order valence-corrected chi connectivity index (χ0v) is 14.5. The van der Waals surface area contributed by atoms with Gasteiger partial charge >= 0.3 is 12.4 Å². The van der Waals surface area contributed by atoms with Gasteiger partial charge in [0.15, 0.2) is 6.54 Å². The molecule has 0 spiro atoms. The highest BCUT2D eigenvalue weighted by molar-refractivity contribution is 5.91. The Morgan fingerprint density at radius 3 is 2.07 bits per heavy atom. The van der Waals surface area contributed by atoms with Crippen LogP contribution in [0.3, 0.4) is 0 Å². The fraction of sp³-hybridized carbons (Fsp3) is 0.316. The van der Waals surface area contributed by atoms with Crippen molar-refractivity contribution in [2.24, 2.45) is 0 Å². The van der Waals surface area contributed by atoms with Crippen molar-refractivity contribution >= 4 is 11.6 Å². The number of alkyl halides is 6.